The summed E-state index contributed by atoms with van der Waals surface area (Å²) in [6.45, 7) is 0. The molecule has 0 aliphatic rings. The zero-order valence-corrected chi connectivity index (χ0v) is 21.3. The minimum atomic E-state index is -1.78. The van der Waals surface area contributed by atoms with Gasteiger partial charge in [0.2, 0.25) is 0 Å². The van der Waals surface area contributed by atoms with Crippen molar-refractivity contribution in [2.45, 2.75) is 29.6 Å². The summed E-state index contributed by atoms with van der Waals surface area (Å²) in [5, 5.41) is 0. The Kier molecular flexibility index (Phi) is 5.12. The molecule has 0 nitrogen and oxygen atoms in total. The Bertz CT molecular complexity index is 488. The SMILES string of the molecule is [CH3][Sn]([CH3])([CH3])[c]1ccc(-c2cc[c]([Sn]([CH3])([CH3])[CH3])[se]2)[se]1. The molecule has 0 aromatic carbocycles. The molecule has 0 saturated carbocycles. The fraction of sp³-hybridized carbons (Fsp3) is 0.429. The molecule has 2 aromatic rings. The molecule has 98 valence electrons. The van der Waals surface area contributed by atoms with Gasteiger partial charge in [-0.1, -0.05) is 0 Å². The van der Waals surface area contributed by atoms with E-state index in [0.29, 0.717) is 29.0 Å². The predicted molar refractivity (Wildman–Crippen MR) is 91.7 cm³/mol. The summed E-state index contributed by atoms with van der Waals surface area (Å²) in [5.74, 6) is 0. The Morgan fingerprint density at radius 1 is 0.611 bits per heavy atom. The summed E-state index contributed by atoms with van der Waals surface area (Å²) in [6, 6.07) is 9.83. The van der Waals surface area contributed by atoms with Crippen molar-refractivity contribution in [1.82, 2.24) is 0 Å². The van der Waals surface area contributed by atoms with Crippen LogP contribution in [0.1, 0.15) is 0 Å². The topological polar surface area (TPSA) is 0 Å². The van der Waals surface area contributed by atoms with Crippen LogP contribution < -0.4 is 4.91 Å². The van der Waals surface area contributed by atoms with Gasteiger partial charge in [-0.15, -0.1) is 0 Å². The van der Waals surface area contributed by atoms with Crippen molar-refractivity contribution in [2.75, 3.05) is 0 Å². The van der Waals surface area contributed by atoms with Crippen LogP contribution in [0.15, 0.2) is 24.3 Å². The summed E-state index contributed by atoms with van der Waals surface area (Å²) >= 11 is -2.23. The summed E-state index contributed by atoms with van der Waals surface area (Å²) in [6.07, 6.45) is 0. The first kappa shape index (κ1) is 16.0. The van der Waals surface area contributed by atoms with Crippen molar-refractivity contribution in [2.24, 2.45) is 0 Å². The van der Waals surface area contributed by atoms with Crippen LogP contribution in [0.4, 0.5) is 0 Å². The van der Waals surface area contributed by atoms with Gasteiger partial charge in [-0.3, -0.25) is 0 Å². The van der Waals surface area contributed by atoms with Crippen molar-refractivity contribution in [3.63, 3.8) is 0 Å². The van der Waals surface area contributed by atoms with Gasteiger partial charge in [0.1, 0.15) is 0 Å². The quantitative estimate of drug-likeness (QED) is 0.486. The molecule has 4 heteroatoms. The predicted octanol–water partition coefficient (Wildman–Crippen LogP) is 2.56. The van der Waals surface area contributed by atoms with Crippen molar-refractivity contribution in [1.29, 1.82) is 0 Å². The summed E-state index contributed by atoms with van der Waals surface area (Å²) < 4.78 is 7.12. The standard InChI is InChI=1S/C8H4Se2.6CH3.2Sn/c1-3-7(9-5-1)8-4-2-6-10-8;;;;;;;;/h1-4H;6*1H3;;. The van der Waals surface area contributed by atoms with Crippen LogP contribution in [0.5, 0.6) is 0 Å². The molecule has 0 aliphatic carbocycles. The van der Waals surface area contributed by atoms with Gasteiger partial charge < -0.3 is 0 Å². The van der Waals surface area contributed by atoms with E-state index >= 15 is 0 Å². The first-order valence-corrected chi connectivity index (χ1v) is 29.8. The third-order valence-electron chi connectivity index (χ3n) is 2.93. The van der Waals surface area contributed by atoms with Gasteiger partial charge in [-0.05, 0) is 0 Å². The molecule has 2 aromatic heterocycles. The van der Waals surface area contributed by atoms with E-state index in [2.05, 4.69) is 53.9 Å². The number of rotatable bonds is 3. The van der Waals surface area contributed by atoms with Crippen LogP contribution in [-0.2, 0) is 0 Å². The van der Waals surface area contributed by atoms with Gasteiger partial charge in [0, 0.05) is 0 Å². The van der Waals surface area contributed by atoms with E-state index in [1.54, 1.807) is 8.87 Å². The van der Waals surface area contributed by atoms with Crippen LogP contribution in [0, 0.1) is 0 Å². The van der Waals surface area contributed by atoms with Crippen LogP contribution >= 0.6 is 0 Å². The van der Waals surface area contributed by atoms with E-state index in [1.165, 1.54) is 0 Å². The first-order valence-electron chi connectivity index (χ1n) is 6.39. The Morgan fingerprint density at radius 3 is 1.17 bits per heavy atom. The fourth-order valence-corrected chi connectivity index (χ4v) is 22.5. The second-order valence-corrected chi connectivity index (χ2v) is 44.8. The molecule has 2 heterocycles. The molecule has 0 fully saturated rings. The molecule has 0 bridgehead atoms. The molecule has 0 aliphatic heterocycles. The van der Waals surface area contributed by atoms with Gasteiger partial charge in [0.15, 0.2) is 0 Å². The van der Waals surface area contributed by atoms with Crippen LogP contribution in [0.25, 0.3) is 8.87 Å². The molecule has 0 spiro atoms. The van der Waals surface area contributed by atoms with Crippen molar-refractivity contribution >= 4 is 70.7 Å². The normalized spacial score (nSPS) is 13.0. The summed E-state index contributed by atoms with van der Waals surface area (Å²) in [7, 11) is 0. The molecular formula is C14H22Se2Sn2. The monoisotopic (exact) mass is 590 g/mol. The van der Waals surface area contributed by atoms with Gasteiger partial charge in [0.05, 0.1) is 0 Å². The molecule has 0 atom stereocenters. The molecule has 18 heavy (non-hydrogen) atoms. The van der Waals surface area contributed by atoms with Crippen LogP contribution in [0.3, 0.4) is 0 Å². The van der Waals surface area contributed by atoms with Crippen LogP contribution in [-0.4, -0.2) is 65.8 Å². The third-order valence-corrected chi connectivity index (χ3v) is 37.2. The average molecular weight is 586 g/mol. The summed E-state index contributed by atoms with van der Waals surface area (Å²) in [4.78, 5) is 15.3. The van der Waals surface area contributed by atoms with Gasteiger partial charge >= 0.3 is 133 Å². The first-order chi connectivity index (χ1) is 8.18. The fourth-order valence-electron chi connectivity index (χ4n) is 1.75. The Labute approximate surface area is 131 Å². The Balaban J connectivity index is 2.33. The van der Waals surface area contributed by atoms with Crippen LogP contribution in [0.2, 0.25) is 29.6 Å². The van der Waals surface area contributed by atoms with Crippen molar-refractivity contribution in [3.05, 3.63) is 24.3 Å². The van der Waals surface area contributed by atoms with E-state index in [9.17, 15) is 0 Å². The van der Waals surface area contributed by atoms with Gasteiger partial charge in [0.25, 0.3) is 0 Å². The maximum absolute atomic E-state index is 2.54. The minimum absolute atomic E-state index is 0.665. The molecule has 0 saturated heterocycles. The molecule has 2 rings (SSSR count). The van der Waals surface area contributed by atoms with E-state index < -0.39 is 36.8 Å². The van der Waals surface area contributed by atoms with Gasteiger partial charge in [-0.2, -0.15) is 0 Å². The zero-order chi connectivity index (χ0) is 13.6. The van der Waals surface area contributed by atoms with E-state index in [0.717, 1.165) is 0 Å². The zero-order valence-electron chi connectivity index (χ0n) is 12.1. The molecule has 0 N–H and O–H groups in total. The number of hydrogen-bond acceptors (Lipinski definition) is 0. The second kappa shape index (κ2) is 5.77. The second-order valence-electron chi connectivity index (χ2n) is 6.83. The van der Waals surface area contributed by atoms with Crippen molar-refractivity contribution in [3.8, 4) is 8.87 Å². The third kappa shape index (κ3) is 3.83. The van der Waals surface area contributed by atoms with E-state index in [1.807, 2.05) is 4.91 Å². The van der Waals surface area contributed by atoms with Gasteiger partial charge in [-0.25, -0.2) is 0 Å². The number of hydrogen-bond donors (Lipinski definition) is 0. The molecule has 0 amide bonds. The van der Waals surface area contributed by atoms with E-state index in [4.69, 9.17) is 0 Å². The maximum atomic E-state index is 2.54. The Hall–Kier alpha value is 1.60. The molecular weight excluding hydrogens is 563 g/mol. The Morgan fingerprint density at radius 2 is 0.944 bits per heavy atom. The summed E-state index contributed by atoms with van der Waals surface area (Å²) in [5.41, 5.74) is 0. The van der Waals surface area contributed by atoms with Crippen molar-refractivity contribution < 1.29 is 0 Å². The molecule has 0 radical (unpaired) electrons. The average Bonchev–Trinajstić information content (AvgIpc) is 2.84. The van der Waals surface area contributed by atoms with E-state index in [-0.39, 0.29) is 0 Å². The molecule has 0 unspecified atom stereocenters.